The number of rotatable bonds is 8. The topological polar surface area (TPSA) is 112 Å². The molecular formula is C21H28N6O2. The maximum Gasteiger partial charge on any atom is 0.273 e. The summed E-state index contributed by atoms with van der Waals surface area (Å²) < 4.78 is 1.83. The van der Waals surface area contributed by atoms with Crippen LogP contribution in [0.15, 0.2) is 41.0 Å². The molecule has 0 saturated heterocycles. The Bertz CT molecular complexity index is 908. The van der Waals surface area contributed by atoms with Gasteiger partial charge in [0.2, 0.25) is 0 Å². The average Bonchev–Trinajstić information content (AvgIpc) is 2.98. The number of fused-ring (bicyclic) bond motifs is 1. The minimum Gasteiger partial charge on any atom is -0.387 e. The molecule has 3 rings (SSSR count). The van der Waals surface area contributed by atoms with Gasteiger partial charge in [-0.15, -0.1) is 0 Å². The summed E-state index contributed by atoms with van der Waals surface area (Å²) in [6.45, 7) is 5.85. The summed E-state index contributed by atoms with van der Waals surface area (Å²) in [4.78, 5) is 23.0. The van der Waals surface area contributed by atoms with Gasteiger partial charge in [0.25, 0.3) is 5.91 Å². The smallest absolute Gasteiger partial charge is 0.273 e. The van der Waals surface area contributed by atoms with Crippen molar-refractivity contribution in [3.8, 4) is 0 Å². The van der Waals surface area contributed by atoms with Crippen molar-refractivity contribution in [2.24, 2.45) is 16.5 Å². The molecule has 0 aliphatic carbocycles. The lowest BCUT2D eigenvalue weighted by Gasteiger charge is -2.21. The Labute approximate surface area is 170 Å². The number of aromatic nitrogens is 2. The van der Waals surface area contributed by atoms with Crippen molar-refractivity contribution >= 4 is 23.5 Å². The van der Waals surface area contributed by atoms with Crippen molar-refractivity contribution in [2.45, 2.75) is 39.8 Å². The summed E-state index contributed by atoms with van der Waals surface area (Å²) in [5.74, 6) is 0.183. The van der Waals surface area contributed by atoms with Gasteiger partial charge in [0.15, 0.2) is 0 Å². The Hall–Kier alpha value is -2.97. The monoisotopic (exact) mass is 396 g/mol. The summed E-state index contributed by atoms with van der Waals surface area (Å²) in [6, 6.07) is 8.06. The van der Waals surface area contributed by atoms with Gasteiger partial charge < -0.3 is 11.5 Å². The standard InChI is InChI=1S/C21H28N6O2/c1-3-9-27(29-4-2)21(28)17-10-19-18(25-20(23)11-17)13-24-26(19)14-16-7-5-15(12-22)6-8-16/h5-8,10,13H,3-4,9,11-12,14,22H2,1-2H3,(H2,23,25). The molecule has 4 N–H and O–H groups in total. The maximum absolute atomic E-state index is 13.0. The minimum atomic E-state index is -0.195. The van der Waals surface area contributed by atoms with Gasteiger partial charge in [-0.2, -0.15) is 5.10 Å². The molecule has 1 aliphatic heterocycles. The Morgan fingerprint density at radius 2 is 1.97 bits per heavy atom. The van der Waals surface area contributed by atoms with Crippen LogP contribution in [0.25, 0.3) is 6.08 Å². The Balaban J connectivity index is 1.92. The molecule has 8 nitrogen and oxygen atoms in total. The predicted octanol–water partition coefficient (Wildman–Crippen LogP) is 2.36. The molecule has 0 saturated carbocycles. The van der Waals surface area contributed by atoms with Crippen molar-refractivity contribution in [1.29, 1.82) is 0 Å². The first kappa shape index (κ1) is 20.8. The number of carbonyl (C=O) groups excluding carboxylic acids is 1. The first-order valence-corrected chi connectivity index (χ1v) is 9.87. The zero-order chi connectivity index (χ0) is 20.8. The fraction of sp³-hybridized carbons (Fsp3) is 0.381. The van der Waals surface area contributed by atoms with Gasteiger partial charge in [0.1, 0.15) is 11.5 Å². The molecule has 1 aromatic heterocycles. The fourth-order valence-electron chi connectivity index (χ4n) is 3.19. The molecule has 0 bridgehead atoms. The van der Waals surface area contributed by atoms with Crippen LogP contribution in [0.1, 0.15) is 43.5 Å². The van der Waals surface area contributed by atoms with Crippen LogP contribution >= 0.6 is 0 Å². The lowest BCUT2D eigenvalue weighted by atomic mass is 10.1. The van der Waals surface area contributed by atoms with Crippen molar-refractivity contribution in [3.63, 3.8) is 0 Å². The zero-order valence-electron chi connectivity index (χ0n) is 17.0. The number of amides is 1. The van der Waals surface area contributed by atoms with Gasteiger partial charge in [-0.25, -0.2) is 10.1 Å². The van der Waals surface area contributed by atoms with Crippen molar-refractivity contribution in [3.05, 3.63) is 52.9 Å². The van der Waals surface area contributed by atoms with Crippen LogP contribution in [-0.2, 0) is 22.7 Å². The second-order valence-electron chi connectivity index (χ2n) is 6.87. The second-order valence-corrected chi connectivity index (χ2v) is 6.87. The van der Waals surface area contributed by atoms with Crippen LogP contribution in [0.5, 0.6) is 0 Å². The number of aliphatic imine (C=N–C) groups is 1. The lowest BCUT2D eigenvalue weighted by molar-refractivity contribution is -0.180. The van der Waals surface area contributed by atoms with E-state index in [4.69, 9.17) is 16.3 Å². The maximum atomic E-state index is 13.0. The number of nitrogens with zero attached hydrogens (tertiary/aromatic N) is 4. The van der Waals surface area contributed by atoms with E-state index in [2.05, 4.69) is 10.1 Å². The van der Waals surface area contributed by atoms with Crippen LogP contribution in [0, 0.1) is 0 Å². The molecule has 0 unspecified atom stereocenters. The van der Waals surface area contributed by atoms with Crippen molar-refractivity contribution < 1.29 is 9.63 Å². The van der Waals surface area contributed by atoms with Gasteiger partial charge in [-0.1, -0.05) is 31.2 Å². The molecule has 1 aliphatic rings. The minimum absolute atomic E-state index is 0.195. The summed E-state index contributed by atoms with van der Waals surface area (Å²) >= 11 is 0. The number of hydrogen-bond donors (Lipinski definition) is 2. The molecule has 8 heteroatoms. The second kappa shape index (κ2) is 9.49. The van der Waals surface area contributed by atoms with Gasteiger partial charge in [-0.05, 0) is 30.5 Å². The highest BCUT2D eigenvalue weighted by Crippen LogP contribution is 2.27. The Kier molecular flexibility index (Phi) is 6.79. The van der Waals surface area contributed by atoms with E-state index in [-0.39, 0.29) is 12.3 Å². The van der Waals surface area contributed by atoms with Gasteiger partial charge in [0.05, 0.1) is 25.0 Å². The summed E-state index contributed by atoms with van der Waals surface area (Å²) in [5.41, 5.74) is 15.8. The quantitative estimate of drug-likeness (QED) is 0.665. The molecule has 0 atom stereocenters. The van der Waals surface area contributed by atoms with E-state index in [9.17, 15) is 4.79 Å². The molecule has 0 radical (unpaired) electrons. The number of carbonyl (C=O) groups is 1. The summed E-state index contributed by atoms with van der Waals surface area (Å²) in [5, 5.41) is 5.85. The molecule has 1 aromatic carbocycles. The van der Waals surface area contributed by atoms with E-state index in [1.54, 1.807) is 6.20 Å². The number of nitrogens with two attached hydrogens (primary N) is 2. The third-order valence-corrected chi connectivity index (χ3v) is 4.61. The number of hydrogen-bond acceptors (Lipinski definition) is 6. The van der Waals surface area contributed by atoms with E-state index in [1.807, 2.05) is 48.9 Å². The van der Waals surface area contributed by atoms with Crippen LogP contribution in [0.4, 0.5) is 5.69 Å². The number of hydroxylamine groups is 2. The van der Waals surface area contributed by atoms with Crippen molar-refractivity contribution in [2.75, 3.05) is 13.2 Å². The molecule has 1 amide bonds. The number of amidine groups is 1. The molecule has 2 heterocycles. The van der Waals surface area contributed by atoms with Gasteiger partial charge in [-0.3, -0.25) is 14.3 Å². The van der Waals surface area contributed by atoms with Crippen molar-refractivity contribution in [1.82, 2.24) is 14.8 Å². The molecular weight excluding hydrogens is 368 g/mol. The summed E-state index contributed by atoms with van der Waals surface area (Å²) in [6.07, 6.45) is 4.56. The van der Waals surface area contributed by atoms with E-state index in [1.165, 1.54) is 5.06 Å². The summed E-state index contributed by atoms with van der Waals surface area (Å²) in [7, 11) is 0. The Morgan fingerprint density at radius 1 is 1.24 bits per heavy atom. The first-order chi connectivity index (χ1) is 14.0. The highest BCUT2D eigenvalue weighted by Gasteiger charge is 2.23. The average molecular weight is 396 g/mol. The molecule has 0 fully saturated rings. The third-order valence-electron chi connectivity index (χ3n) is 4.61. The van der Waals surface area contributed by atoms with Crippen LogP contribution < -0.4 is 11.5 Å². The molecule has 154 valence electrons. The van der Waals surface area contributed by atoms with E-state index in [0.717, 1.165) is 23.2 Å². The molecule has 29 heavy (non-hydrogen) atoms. The van der Waals surface area contributed by atoms with E-state index < -0.39 is 0 Å². The van der Waals surface area contributed by atoms with Gasteiger partial charge in [0, 0.05) is 25.1 Å². The first-order valence-electron chi connectivity index (χ1n) is 9.87. The largest absolute Gasteiger partial charge is 0.387 e. The van der Waals surface area contributed by atoms with E-state index in [0.29, 0.717) is 43.3 Å². The van der Waals surface area contributed by atoms with E-state index >= 15 is 0 Å². The van der Waals surface area contributed by atoms with Gasteiger partial charge >= 0.3 is 0 Å². The third kappa shape index (κ3) is 4.90. The molecule has 0 spiro atoms. The highest BCUT2D eigenvalue weighted by molar-refractivity contribution is 6.04. The zero-order valence-corrected chi connectivity index (χ0v) is 17.0. The molecule has 2 aromatic rings. The fourth-order valence-corrected chi connectivity index (χ4v) is 3.19. The SMILES string of the molecule is CCCN(OCC)C(=O)C1=Cc2c(cnn2Cc2ccc(CN)cc2)N=C(N)C1. The Morgan fingerprint density at radius 3 is 2.62 bits per heavy atom. The van der Waals surface area contributed by atoms with Crippen LogP contribution in [0.3, 0.4) is 0 Å². The normalized spacial score (nSPS) is 13.3. The van der Waals surface area contributed by atoms with Crippen LogP contribution in [0.2, 0.25) is 0 Å². The predicted molar refractivity (Wildman–Crippen MR) is 113 cm³/mol. The lowest BCUT2D eigenvalue weighted by Crippen LogP contribution is -2.34. The number of benzene rings is 1. The van der Waals surface area contributed by atoms with Crippen LogP contribution in [-0.4, -0.2) is 39.7 Å². The highest BCUT2D eigenvalue weighted by atomic mass is 16.7.